The molecule has 124 valence electrons. The van der Waals surface area contributed by atoms with E-state index in [-0.39, 0.29) is 24.0 Å². The Kier molecular flexibility index (Phi) is 4.71. The van der Waals surface area contributed by atoms with Gasteiger partial charge in [-0.05, 0) is 37.3 Å². The van der Waals surface area contributed by atoms with Crippen molar-refractivity contribution in [2.75, 3.05) is 6.61 Å². The molecule has 1 aliphatic carbocycles. The fourth-order valence-corrected chi connectivity index (χ4v) is 3.71. The second-order valence-corrected chi connectivity index (χ2v) is 7.04. The van der Waals surface area contributed by atoms with Crippen molar-refractivity contribution in [2.24, 2.45) is 5.41 Å². The van der Waals surface area contributed by atoms with Crippen molar-refractivity contribution in [3.05, 3.63) is 36.0 Å². The van der Waals surface area contributed by atoms with Crippen LogP contribution in [-0.4, -0.2) is 28.6 Å². The molecule has 23 heavy (non-hydrogen) atoms. The molecule has 4 heteroatoms. The molecule has 0 aliphatic heterocycles. The number of benzene rings is 1. The predicted octanol–water partition coefficient (Wildman–Crippen LogP) is 3.16. The number of amides is 1. The van der Waals surface area contributed by atoms with E-state index in [9.17, 15) is 9.90 Å². The maximum absolute atomic E-state index is 12.2. The monoisotopic (exact) mass is 314 g/mol. The van der Waals surface area contributed by atoms with E-state index >= 15 is 0 Å². The Morgan fingerprint density at radius 2 is 2.26 bits per heavy atom. The van der Waals surface area contributed by atoms with Crippen LogP contribution in [0.4, 0.5) is 0 Å². The number of aromatic amines is 1. The first-order valence-corrected chi connectivity index (χ1v) is 8.57. The second-order valence-electron chi connectivity index (χ2n) is 7.04. The van der Waals surface area contributed by atoms with Crippen LogP contribution in [0.25, 0.3) is 10.9 Å². The average Bonchev–Trinajstić information content (AvgIpc) is 3.13. The number of rotatable bonds is 6. The normalized spacial score (nSPS) is 24.2. The van der Waals surface area contributed by atoms with Gasteiger partial charge in [0.1, 0.15) is 0 Å². The lowest BCUT2D eigenvalue weighted by atomic mass is 9.85. The van der Waals surface area contributed by atoms with E-state index in [0.29, 0.717) is 6.42 Å². The molecule has 4 nitrogen and oxygen atoms in total. The van der Waals surface area contributed by atoms with E-state index in [1.165, 1.54) is 10.9 Å². The lowest BCUT2D eigenvalue weighted by molar-refractivity contribution is -0.122. The summed E-state index contributed by atoms with van der Waals surface area (Å²) in [5.41, 5.74) is 2.28. The predicted molar refractivity (Wildman–Crippen MR) is 92.2 cm³/mol. The fourth-order valence-electron chi connectivity index (χ4n) is 3.71. The van der Waals surface area contributed by atoms with Crippen molar-refractivity contribution in [3.8, 4) is 0 Å². The van der Waals surface area contributed by atoms with Gasteiger partial charge in [0.05, 0.1) is 6.61 Å². The standard InChI is InChI=1S/C19H26N2O2/c1-19(13-22)11-5-9-17(19)21-18(23)10-4-6-14-12-20-16-8-3-2-7-15(14)16/h2-3,7-8,12,17,20,22H,4-6,9-11,13H2,1H3,(H,21,23). The van der Waals surface area contributed by atoms with E-state index in [1.807, 2.05) is 18.3 Å². The largest absolute Gasteiger partial charge is 0.396 e. The highest BCUT2D eigenvalue weighted by Gasteiger charge is 2.38. The van der Waals surface area contributed by atoms with Crippen LogP contribution < -0.4 is 5.32 Å². The summed E-state index contributed by atoms with van der Waals surface area (Å²) in [4.78, 5) is 15.5. The molecule has 1 fully saturated rings. The molecule has 1 aromatic carbocycles. The van der Waals surface area contributed by atoms with Gasteiger partial charge in [0, 0.05) is 35.0 Å². The Morgan fingerprint density at radius 1 is 1.43 bits per heavy atom. The van der Waals surface area contributed by atoms with Gasteiger partial charge in [0.15, 0.2) is 0 Å². The summed E-state index contributed by atoms with van der Waals surface area (Å²) in [6.45, 7) is 2.21. The molecular formula is C19H26N2O2. The number of H-pyrrole nitrogens is 1. The van der Waals surface area contributed by atoms with Gasteiger partial charge < -0.3 is 15.4 Å². The van der Waals surface area contributed by atoms with E-state index in [0.717, 1.165) is 37.6 Å². The van der Waals surface area contributed by atoms with Gasteiger partial charge in [-0.1, -0.05) is 31.5 Å². The molecule has 2 aromatic rings. The highest BCUT2D eigenvalue weighted by atomic mass is 16.3. The molecule has 0 bridgehead atoms. The number of nitrogens with one attached hydrogen (secondary N) is 2. The Balaban J connectivity index is 1.50. The van der Waals surface area contributed by atoms with Gasteiger partial charge in [0.25, 0.3) is 0 Å². The minimum Gasteiger partial charge on any atom is -0.396 e. The van der Waals surface area contributed by atoms with Crippen LogP contribution in [0.2, 0.25) is 0 Å². The second kappa shape index (κ2) is 6.75. The van der Waals surface area contributed by atoms with Crippen LogP contribution in [-0.2, 0) is 11.2 Å². The minimum absolute atomic E-state index is 0.108. The molecule has 1 aromatic heterocycles. The van der Waals surface area contributed by atoms with Crippen molar-refractivity contribution in [1.29, 1.82) is 0 Å². The number of carbonyl (C=O) groups excluding carboxylic acids is 1. The lowest BCUT2D eigenvalue weighted by Crippen LogP contribution is -2.44. The summed E-state index contributed by atoms with van der Waals surface area (Å²) in [5.74, 6) is 0.108. The van der Waals surface area contributed by atoms with Crippen LogP contribution in [0.15, 0.2) is 30.5 Å². The van der Waals surface area contributed by atoms with Gasteiger partial charge in [-0.25, -0.2) is 0 Å². The summed E-state index contributed by atoms with van der Waals surface area (Å²) in [7, 11) is 0. The molecule has 3 rings (SSSR count). The average molecular weight is 314 g/mol. The first-order chi connectivity index (χ1) is 11.1. The molecule has 2 unspecified atom stereocenters. The van der Waals surface area contributed by atoms with Gasteiger partial charge in [-0.3, -0.25) is 4.79 Å². The number of fused-ring (bicyclic) bond motifs is 1. The van der Waals surface area contributed by atoms with E-state index in [1.54, 1.807) is 0 Å². The van der Waals surface area contributed by atoms with Crippen LogP contribution >= 0.6 is 0 Å². The Morgan fingerprint density at radius 3 is 3.09 bits per heavy atom. The van der Waals surface area contributed by atoms with Gasteiger partial charge in [-0.2, -0.15) is 0 Å². The van der Waals surface area contributed by atoms with E-state index in [4.69, 9.17) is 0 Å². The third-order valence-electron chi connectivity index (χ3n) is 5.30. The third kappa shape index (κ3) is 3.42. The molecule has 0 radical (unpaired) electrons. The fraction of sp³-hybridized carbons (Fsp3) is 0.526. The van der Waals surface area contributed by atoms with E-state index < -0.39 is 0 Å². The highest BCUT2D eigenvalue weighted by Crippen LogP contribution is 2.37. The molecule has 0 saturated heterocycles. The summed E-state index contributed by atoms with van der Waals surface area (Å²) < 4.78 is 0. The number of hydrogen-bond acceptors (Lipinski definition) is 2. The summed E-state index contributed by atoms with van der Waals surface area (Å²) in [6.07, 6.45) is 7.38. The first kappa shape index (κ1) is 16.1. The van der Waals surface area contributed by atoms with Crippen LogP contribution in [0.3, 0.4) is 0 Å². The molecule has 1 aliphatic rings. The van der Waals surface area contributed by atoms with Crippen molar-refractivity contribution in [2.45, 2.75) is 51.5 Å². The Bertz CT molecular complexity index is 679. The summed E-state index contributed by atoms with van der Waals surface area (Å²) in [6, 6.07) is 8.37. The number of aliphatic hydroxyl groups is 1. The van der Waals surface area contributed by atoms with Gasteiger partial charge in [-0.15, -0.1) is 0 Å². The molecule has 0 spiro atoms. The lowest BCUT2D eigenvalue weighted by Gasteiger charge is -2.30. The quantitative estimate of drug-likeness (QED) is 0.767. The van der Waals surface area contributed by atoms with Crippen molar-refractivity contribution >= 4 is 16.8 Å². The van der Waals surface area contributed by atoms with Gasteiger partial charge in [0.2, 0.25) is 5.91 Å². The molecule has 1 saturated carbocycles. The molecule has 1 amide bonds. The molecular weight excluding hydrogens is 288 g/mol. The molecule has 1 heterocycles. The number of carbonyl (C=O) groups is 1. The first-order valence-electron chi connectivity index (χ1n) is 8.57. The Hall–Kier alpha value is -1.81. The van der Waals surface area contributed by atoms with Crippen molar-refractivity contribution in [3.63, 3.8) is 0 Å². The third-order valence-corrected chi connectivity index (χ3v) is 5.30. The summed E-state index contributed by atoms with van der Waals surface area (Å²) in [5, 5.41) is 13.9. The number of hydrogen-bond donors (Lipinski definition) is 3. The molecule has 3 N–H and O–H groups in total. The number of aryl methyl sites for hydroxylation is 1. The zero-order chi connectivity index (χ0) is 16.3. The minimum atomic E-state index is -0.146. The van der Waals surface area contributed by atoms with Gasteiger partial charge >= 0.3 is 0 Å². The zero-order valence-corrected chi connectivity index (χ0v) is 13.8. The highest BCUT2D eigenvalue weighted by molar-refractivity contribution is 5.83. The van der Waals surface area contributed by atoms with Crippen LogP contribution in [0.5, 0.6) is 0 Å². The summed E-state index contributed by atoms with van der Waals surface area (Å²) >= 11 is 0. The topological polar surface area (TPSA) is 65.1 Å². The maximum Gasteiger partial charge on any atom is 0.220 e. The number of aliphatic hydroxyl groups excluding tert-OH is 1. The molecule has 2 atom stereocenters. The zero-order valence-electron chi connectivity index (χ0n) is 13.8. The van der Waals surface area contributed by atoms with E-state index in [2.05, 4.69) is 29.4 Å². The van der Waals surface area contributed by atoms with Crippen LogP contribution in [0.1, 0.15) is 44.6 Å². The number of aromatic nitrogens is 1. The van der Waals surface area contributed by atoms with Crippen molar-refractivity contribution in [1.82, 2.24) is 10.3 Å². The Labute approximate surface area is 137 Å². The maximum atomic E-state index is 12.2. The number of para-hydroxylation sites is 1. The SMILES string of the molecule is CC1(CO)CCCC1NC(=O)CCCc1c[nH]c2ccccc12. The van der Waals surface area contributed by atoms with Crippen molar-refractivity contribution < 1.29 is 9.90 Å². The van der Waals surface area contributed by atoms with Crippen LogP contribution in [0, 0.1) is 5.41 Å². The smallest absolute Gasteiger partial charge is 0.220 e.